The number of hydrogen-bond donors (Lipinski definition) is 4. The summed E-state index contributed by atoms with van der Waals surface area (Å²) in [6.07, 6.45) is 1.75. The maximum atomic E-state index is 15.0. The van der Waals surface area contributed by atoms with Gasteiger partial charge in [-0.3, -0.25) is 14.4 Å². The zero-order chi connectivity index (χ0) is 37.8. The molecule has 3 amide bonds. The van der Waals surface area contributed by atoms with Crippen LogP contribution in [0.1, 0.15) is 41.2 Å². The molecule has 4 N–H and O–H groups in total. The number of aliphatic hydroxyl groups is 1. The van der Waals surface area contributed by atoms with Gasteiger partial charge in [0.15, 0.2) is 13.9 Å². The number of anilines is 2. The van der Waals surface area contributed by atoms with Crippen LogP contribution in [0, 0.1) is 5.92 Å². The Hall–Kier alpha value is -5.07. The number of nitrogens with zero attached hydrogens (tertiary/aromatic N) is 2. The van der Waals surface area contributed by atoms with Crippen LogP contribution in [0.25, 0.3) is 10.9 Å². The van der Waals surface area contributed by atoms with Crippen LogP contribution >= 0.6 is 0 Å². The molecule has 1 saturated heterocycles. The number of amides is 3. The number of benzene rings is 4. The van der Waals surface area contributed by atoms with E-state index in [0.717, 1.165) is 33.2 Å². The Labute approximate surface area is 315 Å². The largest absolute Gasteiger partial charge is 0.432 e. The first-order valence-corrected chi connectivity index (χ1v) is 21.7. The lowest BCUT2D eigenvalue weighted by molar-refractivity contribution is -0.151. The lowest BCUT2D eigenvalue weighted by atomic mass is 9.82. The average Bonchev–Trinajstić information content (AvgIpc) is 3.77. The maximum absolute atomic E-state index is 15.0. The van der Waals surface area contributed by atoms with Crippen LogP contribution in [0.5, 0.6) is 0 Å². The highest BCUT2D eigenvalue weighted by atomic mass is 28.4. The number of hydrogen-bond acceptors (Lipinski definition) is 6. The number of ether oxygens (including phenoxy) is 1. The van der Waals surface area contributed by atoms with E-state index in [-0.39, 0.29) is 43.2 Å². The molecule has 10 nitrogen and oxygen atoms in total. The third-order valence-electron chi connectivity index (χ3n) is 11.7. The zero-order valence-electron chi connectivity index (χ0n) is 30.8. The van der Waals surface area contributed by atoms with Crippen molar-refractivity contribution in [2.75, 3.05) is 16.8 Å². The molecule has 3 aliphatic heterocycles. The van der Waals surface area contributed by atoms with Crippen LogP contribution < -0.4 is 10.2 Å². The highest BCUT2D eigenvalue weighted by molar-refractivity contribution is 6.71. The molecule has 4 aromatic carbocycles. The summed E-state index contributed by atoms with van der Waals surface area (Å²) in [6.45, 7) is 6.12. The number of nitrogens with one attached hydrogen (secondary N) is 2. The van der Waals surface area contributed by atoms with E-state index in [1.807, 2.05) is 123 Å². The minimum absolute atomic E-state index is 0.0469. The molecule has 0 saturated carbocycles. The minimum Gasteiger partial charge on any atom is -0.432 e. The highest BCUT2D eigenvalue weighted by Gasteiger charge is 2.66. The van der Waals surface area contributed by atoms with Gasteiger partial charge in [0.05, 0.1) is 43.8 Å². The second-order valence-corrected chi connectivity index (χ2v) is 19.6. The van der Waals surface area contributed by atoms with Crippen LogP contribution in [0.15, 0.2) is 103 Å². The van der Waals surface area contributed by atoms with Crippen LogP contribution in [-0.2, 0) is 50.7 Å². The predicted molar refractivity (Wildman–Crippen MR) is 210 cm³/mol. The van der Waals surface area contributed by atoms with Crippen LogP contribution in [0.3, 0.4) is 0 Å². The topological polar surface area (TPSA) is 135 Å². The Balaban J connectivity index is 1.14. The third-order valence-corrected chi connectivity index (χ3v) is 14.2. The van der Waals surface area contributed by atoms with E-state index in [1.165, 1.54) is 0 Å². The summed E-state index contributed by atoms with van der Waals surface area (Å²) in [6, 6.07) is 30.6. The van der Waals surface area contributed by atoms with Gasteiger partial charge in [0.1, 0.15) is 0 Å². The number of aromatic amines is 1. The molecule has 1 fully saturated rings. The van der Waals surface area contributed by atoms with Gasteiger partial charge in [0.25, 0.3) is 5.91 Å². The Kier molecular flexibility index (Phi) is 9.29. The van der Waals surface area contributed by atoms with E-state index < -0.39 is 31.5 Å². The minimum atomic E-state index is -3.08. The van der Waals surface area contributed by atoms with E-state index in [1.54, 1.807) is 9.80 Å². The van der Waals surface area contributed by atoms with Crippen molar-refractivity contribution < 1.29 is 29.0 Å². The van der Waals surface area contributed by atoms with Gasteiger partial charge in [-0.15, -0.1) is 0 Å². The number of aromatic nitrogens is 1. The Morgan fingerprint density at radius 2 is 1.70 bits per heavy atom. The van der Waals surface area contributed by atoms with Crippen molar-refractivity contribution in [3.8, 4) is 0 Å². The molecule has 0 unspecified atom stereocenters. The number of aliphatic hydroxyl groups excluding tert-OH is 1. The molecule has 1 spiro atoms. The Bertz CT molecular complexity index is 2230. The fourth-order valence-electron chi connectivity index (χ4n) is 9.27. The van der Waals surface area contributed by atoms with Crippen molar-refractivity contribution in [1.82, 2.24) is 9.88 Å². The predicted octanol–water partition coefficient (Wildman–Crippen LogP) is 6.03. The van der Waals surface area contributed by atoms with E-state index in [0.29, 0.717) is 36.4 Å². The number of fused-ring (bicyclic) bond motifs is 4. The molecule has 4 heterocycles. The van der Waals surface area contributed by atoms with Crippen molar-refractivity contribution in [3.63, 3.8) is 0 Å². The first-order chi connectivity index (χ1) is 26.0. The van der Waals surface area contributed by atoms with Gasteiger partial charge >= 0.3 is 0 Å². The summed E-state index contributed by atoms with van der Waals surface area (Å²) >= 11 is 0. The lowest BCUT2D eigenvalue weighted by Gasteiger charge is -2.37. The molecule has 1 aromatic heterocycles. The highest BCUT2D eigenvalue weighted by Crippen LogP contribution is 2.60. The van der Waals surface area contributed by atoms with Crippen LogP contribution in [0.2, 0.25) is 18.6 Å². The van der Waals surface area contributed by atoms with Gasteiger partial charge in [-0.25, -0.2) is 0 Å². The quantitative estimate of drug-likeness (QED) is 0.136. The first kappa shape index (κ1) is 35.9. The van der Waals surface area contributed by atoms with Crippen molar-refractivity contribution >= 4 is 48.3 Å². The van der Waals surface area contributed by atoms with Gasteiger partial charge in [0.2, 0.25) is 11.8 Å². The van der Waals surface area contributed by atoms with Gasteiger partial charge < -0.3 is 34.7 Å². The molecule has 8 rings (SSSR count). The number of carbonyl (C=O) groups excluding carboxylic acids is 3. The molecule has 5 atom stereocenters. The van der Waals surface area contributed by atoms with E-state index in [2.05, 4.69) is 10.3 Å². The molecule has 0 aliphatic carbocycles. The number of rotatable bonds is 9. The SMILES string of the molecule is C[C@H]1[C@H]([Si](C)(C)O)[C@@H](CC(=O)N2Cc3ccccc3C[C@H]2CO)O[C@]12C(=O)N(Cc1ccccc1)c1ccc(NC(=O)Cc3c[nH]c4ccccc34)cc12. The smallest absolute Gasteiger partial charge is 0.264 e. The summed E-state index contributed by atoms with van der Waals surface area (Å²) in [5, 5.41) is 14.4. The third kappa shape index (κ3) is 6.24. The van der Waals surface area contributed by atoms with Gasteiger partial charge in [0, 0.05) is 46.4 Å². The van der Waals surface area contributed by atoms with Gasteiger partial charge in [-0.2, -0.15) is 0 Å². The van der Waals surface area contributed by atoms with Gasteiger partial charge in [-0.05, 0) is 66.0 Å². The first-order valence-electron chi connectivity index (χ1n) is 18.7. The standard InChI is InChI=1S/C43H46N4O6Si/c1-27-41(54(2,3)52)38(22-40(50)46-25-30-14-8-7-13-29(30)19-33(46)26-48)53-43(27)35-21-32(45-39(49)20-31-23-44-36-16-10-9-15-34(31)36)17-18-37(35)47(42(43)51)24-28-11-5-4-6-12-28/h4-18,21,23,27,33,38,41,44,48,52H,19-20,22,24-26H2,1-3H3,(H,45,49)/t27-,33-,38+,41-,43+/m0/s1. The van der Waals surface area contributed by atoms with Gasteiger partial charge in [-0.1, -0.05) is 79.7 Å². The fraction of sp³-hybridized carbons (Fsp3) is 0.326. The van der Waals surface area contributed by atoms with E-state index >= 15 is 4.79 Å². The van der Waals surface area contributed by atoms with E-state index in [9.17, 15) is 19.5 Å². The number of H-pyrrole nitrogens is 1. The summed E-state index contributed by atoms with van der Waals surface area (Å²) in [5.74, 6) is -1.14. The van der Waals surface area contributed by atoms with Crippen molar-refractivity contribution in [1.29, 1.82) is 0 Å². The molecular weight excluding hydrogens is 697 g/mol. The molecule has 0 radical (unpaired) electrons. The summed E-state index contributed by atoms with van der Waals surface area (Å²) < 4.78 is 7.02. The molecule has 11 heteroatoms. The fourth-order valence-corrected chi connectivity index (χ4v) is 11.8. The number of para-hydroxylation sites is 1. The summed E-state index contributed by atoms with van der Waals surface area (Å²) in [4.78, 5) is 61.3. The molecule has 278 valence electrons. The van der Waals surface area contributed by atoms with Crippen molar-refractivity contribution in [2.24, 2.45) is 5.92 Å². The van der Waals surface area contributed by atoms with E-state index in [4.69, 9.17) is 4.74 Å². The zero-order valence-corrected chi connectivity index (χ0v) is 31.8. The van der Waals surface area contributed by atoms with Crippen LogP contribution in [0.4, 0.5) is 11.4 Å². The second kappa shape index (κ2) is 14.0. The maximum Gasteiger partial charge on any atom is 0.264 e. The molecule has 5 aromatic rings. The van der Waals surface area contributed by atoms with Crippen molar-refractivity contribution in [3.05, 3.63) is 131 Å². The Morgan fingerprint density at radius 3 is 2.46 bits per heavy atom. The molecule has 0 bridgehead atoms. The van der Waals surface area contributed by atoms with Crippen LogP contribution in [-0.4, -0.2) is 64.6 Å². The monoisotopic (exact) mass is 742 g/mol. The van der Waals surface area contributed by atoms with Crippen molar-refractivity contribution in [2.45, 2.75) is 75.7 Å². The summed E-state index contributed by atoms with van der Waals surface area (Å²) in [7, 11) is -3.08. The average molecular weight is 743 g/mol. The normalized spacial score (nSPS) is 23.5. The number of carbonyl (C=O) groups is 3. The second-order valence-electron chi connectivity index (χ2n) is 15.6. The summed E-state index contributed by atoms with van der Waals surface area (Å²) in [5.41, 5.74) is 4.76. The molecule has 3 aliphatic rings. The molecular formula is C43H46N4O6Si. The lowest BCUT2D eigenvalue weighted by Crippen LogP contribution is -2.48. The Morgan fingerprint density at radius 1 is 0.981 bits per heavy atom. The molecule has 54 heavy (non-hydrogen) atoms.